The van der Waals surface area contributed by atoms with E-state index in [-0.39, 0.29) is 23.3 Å². The van der Waals surface area contributed by atoms with Gasteiger partial charge in [0, 0.05) is 29.5 Å². The predicted octanol–water partition coefficient (Wildman–Crippen LogP) is 3.56. The summed E-state index contributed by atoms with van der Waals surface area (Å²) in [6.07, 6.45) is 1.61. The van der Waals surface area contributed by atoms with Gasteiger partial charge in [-0.3, -0.25) is 9.69 Å². The molecule has 2 aromatic rings. The Bertz CT molecular complexity index is 932. The zero-order valence-corrected chi connectivity index (χ0v) is 17.8. The number of Topliss-reactive ketones (excluding diaryl/α,β-unsaturated/α-hetero) is 1. The van der Waals surface area contributed by atoms with Gasteiger partial charge in [-0.1, -0.05) is 37.3 Å². The topological polar surface area (TPSA) is 59.4 Å². The Hall–Kier alpha value is -1.92. The Morgan fingerprint density at radius 2 is 1.93 bits per heavy atom. The number of benzene rings is 1. The van der Waals surface area contributed by atoms with Crippen LogP contribution in [0.1, 0.15) is 53.1 Å². The Kier molecular flexibility index (Phi) is 6.40. The lowest BCUT2D eigenvalue weighted by molar-refractivity contribution is 0.0925. The Labute approximate surface area is 168 Å². The van der Waals surface area contributed by atoms with Crippen molar-refractivity contribution >= 4 is 15.6 Å². The summed E-state index contributed by atoms with van der Waals surface area (Å²) in [6.45, 7) is 8.00. The van der Waals surface area contributed by atoms with Gasteiger partial charge in [0.1, 0.15) is 0 Å². The monoisotopic (exact) mass is 402 g/mol. The fourth-order valence-electron chi connectivity index (χ4n) is 4.26. The van der Waals surface area contributed by atoms with Crippen molar-refractivity contribution < 1.29 is 13.2 Å². The van der Waals surface area contributed by atoms with Crippen molar-refractivity contribution in [1.82, 2.24) is 9.47 Å². The quantitative estimate of drug-likeness (QED) is 0.634. The summed E-state index contributed by atoms with van der Waals surface area (Å²) in [5.74, 6) is 0.511. The Morgan fingerprint density at radius 3 is 2.54 bits per heavy atom. The third kappa shape index (κ3) is 4.73. The molecule has 152 valence electrons. The number of ketones is 1. The van der Waals surface area contributed by atoms with Crippen LogP contribution in [0.5, 0.6) is 0 Å². The molecule has 1 aliphatic heterocycles. The molecular weight excluding hydrogens is 372 g/mol. The van der Waals surface area contributed by atoms with Crippen LogP contribution in [0.4, 0.5) is 0 Å². The van der Waals surface area contributed by atoms with Crippen molar-refractivity contribution in [2.24, 2.45) is 0 Å². The summed E-state index contributed by atoms with van der Waals surface area (Å²) < 4.78 is 25.8. The molecule has 0 spiro atoms. The average Bonchev–Trinajstić information content (AvgIpc) is 3.14. The van der Waals surface area contributed by atoms with Gasteiger partial charge in [0.15, 0.2) is 15.6 Å². The van der Waals surface area contributed by atoms with Crippen LogP contribution in [0.15, 0.2) is 36.4 Å². The van der Waals surface area contributed by atoms with E-state index >= 15 is 0 Å². The lowest BCUT2D eigenvalue weighted by Crippen LogP contribution is -2.30. The number of sulfone groups is 1. The number of aryl methyl sites for hydroxylation is 1. The second kappa shape index (κ2) is 8.62. The number of nitrogens with zero attached hydrogens (tertiary/aromatic N) is 2. The molecule has 28 heavy (non-hydrogen) atoms. The van der Waals surface area contributed by atoms with Gasteiger partial charge >= 0.3 is 0 Å². The summed E-state index contributed by atoms with van der Waals surface area (Å²) >= 11 is 0. The van der Waals surface area contributed by atoms with Crippen LogP contribution in [0.3, 0.4) is 0 Å². The third-order valence-corrected chi connectivity index (χ3v) is 7.26. The Balaban J connectivity index is 1.77. The van der Waals surface area contributed by atoms with E-state index in [0.29, 0.717) is 13.0 Å². The first-order valence-electron chi connectivity index (χ1n) is 9.99. The minimum Gasteiger partial charge on any atom is -0.344 e. The number of aromatic nitrogens is 1. The van der Waals surface area contributed by atoms with Gasteiger partial charge in [0.2, 0.25) is 0 Å². The minimum atomic E-state index is -2.96. The average molecular weight is 403 g/mol. The van der Waals surface area contributed by atoms with Crippen LogP contribution < -0.4 is 0 Å². The van der Waals surface area contributed by atoms with Gasteiger partial charge in [-0.2, -0.15) is 0 Å². The molecule has 1 fully saturated rings. The highest BCUT2D eigenvalue weighted by atomic mass is 32.2. The first kappa shape index (κ1) is 20.8. The van der Waals surface area contributed by atoms with Crippen LogP contribution in [0.2, 0.25) is 0 Å². The maximum absolute atomic E-state index is 13.1. The van der Waals surface area contributed by atoms with Gasteiger partial charge in [0.25, 0.3) is 0 Å². The van der Waals surface area contributed by atoms with Crippen molar-refractivity contribution in [3.8, 4) is 0 Å². The number of carbonyl (C=O) groups excluding carboxylic acids is 1. The van der Waals surface area contributed by atoms with Gasteiger partial charge in [-0.25, -0.2) is 8.42 Å². The maximum atomic E-state index is 13.1. The van der Waals surface area contributed by atoms with Crippen LogP contribution in [0, 0.1) is 13.8 Å². The lowest BCUT2D eigenvalue weighted by atomic mass is 10.1. The second-order valence-corrected chi connectivity index (χ2v) is 10.1. The summed E-state index contributed by atoms with van der Waals surface area (Å²) in [5, 5.41) is 0. The molecule has 1 aliphatic rings. The molecule has 0 amide bonds. The summed E-state index contributed by atoms with van der Waals surface area (Å²) in [5.41, 5.74) is 3.77. The van der Waals surface area contributed by atoms with E-state index in [0.717, 1.165) is 36.5 Å². The van der Waals surface area contributed by atoms with Crippen molar-refractivity contribution in [2.75, 3.05) is 24.6 Å². The van der Waals surface area contributed by atoms with Gasteiger partial charge in [-0.15, -0.1) is 0 Å². The summed E-state index contributed by atoms with van der Waals surface area (Å²) in [6, 6.07) is 12.1. The second-order valence-electron chi connectivity index (χ2n) is 7.83. The van der Waals surface area contributed by atoms with Crippen LogP contribution in [-0.4, -0.2) is 48.3 Å². The fourth-order valence-corrected chi connectivity index (χ4v) is 5.96. The zero-order chi connectivity index (χ0) is 20.3. The molecule has 1 aromatic carbocycles. The molecule has 0 N–H and O–H groups in total. The smallest absolute Gasteiger partial charge is 0.178 e. The summed E-state index contributed by atoms with van der Waals surface area (Å²) in [7, 11) is -2.96. The highest BCUT2D eigenvalue weighted by Crippen LogP contribution is 2.29. The molecule has 0 saturated carbocycles. The van der Waals surface area contributed by atoms with E-state index in [1.807, 2.05) is 38.1 Å². The molecule has 3 rings (SSSR count). The molecule has 6 heteroatoms. The van der Waals surface area contributed by atoms with Crippen molar-refractivity contribution in [2.45, 2.75) is 46.2 Å². The molecule has 0 unspecified atom stereocenters. The maximum Gasteiger partial charge on any atom is 0.178 e. The predicted molar refractivity (Wildman–Crippen MR) is 113 cm³/mol. The molecule has 2 heterocycles. The van der Waals surface area contributed by atoms with Gasteiger partial charge in [-0.05, 0) is 44.9 Å². The SMILES string of the molecule is CCCN(CC(=O)c1cc(C)n([C@H]2CCS(=O)(=O)C2)c1C)Cc1ccccc1. The first-order valence-corrected chi connectivity index (χ1v) is 11.8. The molecule has 1 aromatic heterocycles. The van der Waals surface area contributed by atoms with E-state index < -0.39 is 9.84 Å². The third-order valence-electron chi connectivity index (χ3n) is 5.51. The molecule has 1 saturated heterocycles. The van der Waals surface area contributed by atoms with Crippen molar-refractivity contribution in [3.63, 3.8) is 0 Å². The molecule has 0 radical (unpaired) electrons. The summed E-state index contributed by atoms with van der Waals surface area (Å²) in [4.78, 5) is 15.3. The van der Waals surface area contributed by atoms with Crippen molar-refractivity contribution in [1.29, 1.82) is 0 Å². The van der Waals surface area contributed by atoms with Crippen molar-refractivity contribution in [3.05, 3.63) is 58.9 Å². The molecule has 5 nitrogen and oxygen atoms in total. The normalized spacial score (nSPS) is 18.6. The van der Waals surface area contributed by atoms with Crippen LogP contribution in [0.25, 0.3) is 0 Å². The number of rotatable bonds is 8. The lowest BCUT2D eigenvalue weighted by Gasteiger charge is -2.21. The molecule has 0 aliphatic carbocycles. The largest absolute Gasteiger partial charge is 0.344 e. The van der Waals surface area contributed by atoms with Crippen LogP contribution >= 0.6 is 0 Å². The van der Waals surface area contributed by atoms with E-state index in [9.17, 15) is 13.2 Å². The zero-order valence-electron chi connectivity index (χ0n) is 17.0. The standard InChI is InChI=1S/C22H30N2O3S/c1-4-11-23(14-19-8-6-5-7-9-19)15-22(25)21-13-17(2)24(18(21)3)20-10-12-28(26,27)16-20/h5-9,13,20H,4,10-12,14-16H2,1-3H3/t20-/m0/s1. The van der Waals surface area contributed by atoms with Gasteiger partial charge < -0.3 is 4.57 Å². The highest BCUT2D eigenvalue weighted by molar-refractivity contribution is 7.91. The fraction of sp³-hybridized carbons (Fsp3) is 0.500. The number of hydrogen-bond acceptors (Lipinski definition) is 4. The minimum absolute atomic E-state index is 0.0531. The van der Waals surface area contributed by atoms with Crippen LogP contribution in [-0.2, 0) is 16.4 Å². The van der Waals surface area contributed by atoms with Gasteiger partial charge in [0.05, 0.1) is 18.1 Å². The molecule has 0 bridgehead atoms. The van der Waals surface area contributed by atoms with E-state index in [2.05, 4.69) is 28.5 Å². The highest BCUT2D eigenvalue weighted by Gasteiger charge is 2.31. The van der Waals surface area contributed by atoms with E-state index in [4.69, 9.17) is 0 Å². The Morgan fingerprint density at radius 1 is 1.21 bits per heavy atom. The first-order chi connectivity index (χ1) is 13.3. The number of carbonyl (C=O) groups is 1. The number of hydrogen-bond donors (Lipinski definition) is 0. The van der Waals surface area contributed by atoms with E-state index in [1.165, 1.54) is 5.56 Å². The molecule has 1 atom stereocenters. The van der Waals surface area contributed by atoms with E-state index in [1.54, 1.807) is 0 Å². The molecular formula is C22H30N2O3S.